The molecule has 3 N–H and O–H groups in total. The lowest BCUT2D eigenvalue weighted by Crippen LogP contribution is -2.40. The second-order valence-electron chi connectivity index (χ2n) is 8.56. The Morgan fingerprint density at radius 3 is 2.36 bits per heavy atom. The van der Waals surface area contributed by atoms with Crippen LogP contribution in [0.4, 0.5) is 4.79 Å². The quantitative estimate of drug-likeness (QED) is 0.568. The van der Waals surface area contributed by atoms with Gasteiger partial charge in [0.05, 0.1) is 0 Å². The number of alkyl carbamates (subject to hydrolysis) is 1. The average Bonchev–Trinajstić information content (AvgIpc) is 3.39. The van der Waals surface area contributed by atoms with Crippen LogP contribution in [-0.2, 0) is 19.1 Å². The van der Waals surface area contributed by atoms with Crippen LogP contribution in [0.5, 0.6) is 0 Å². The third-order valence-electron chi connectivity index (χ3n) is 6.22. The molecule has 8 heteroatoms. The number of fused-ring (bicyclic) bond motifs is 3. The van der Waals surface area contributed by atoms with Gasteiger partial charge in [-0.3, -0.25) is 4.79 Å². The first-order chi connectivity index (χ1) is 15.9. The Morgan fingerprint density at radius 1 is 1.09 bits per heavy atom. The van der Waals surface area contributed by atoms with Gasteiger partial charge in [-0.15, -0.1) is 0 Å². The Labute approximate surface area is 192 Å². The lowest BCUT2D eigenvalue weighted by molar-refractivity contribution is -0.149. The molecule has 8 nitrogen and oxygen atoms in total. The minimum absolute atomic E-state index is 0.0300. The Morgan fingerprint density at radius 2 is 1.73 bits per heavy atom. The summed E-state index contributed by atoms with van der Waals surface area (Å²) in [6.07, 6.45) is -0.811. The number of carbonyl (C=O) groups excluding carboxylic acids is 2. The third kappa shape index (κ3) is 5.17. The molecule has 2 aromatic rings. The van der Waals surface area contributed by atoms with Crippen molar-refractivity contribution in [3.8, 4) is 11.1 Å². The number of ether oxygens (including phenoxy) is 2. The van der Waals surface area contributed by atoms with Crippen molar-refractivity contribution >= 4 is 18.0 Å². The number of carboxylic acids is 1. The summed E-state index contributed by atoms with van der Waals surface area (Å²) in [6, 6.07) is 15.8. The highest BCUT2D eigenvalue weighted by Crippen LogP contribution is 2.44. The Hall–Kier alpha value is -3.39. The van der Waals surface area contributed by atoms with Crippen LogP contribution < -0.4 is 10.6 Å². The highest BCUT2D eigenvalue weighted by Gasteiger charge is 2.34. The normalized spacial score (nSPS) is 19.9. The number of benzene rings is 2. The van der Waals surface area contributed by atoms with Gasteiger partial charge >= 0.3 is 12.1 Å². The van der Waals surface area contributed by atoms with Gasteiger partial charge in [-0.05, 0) is 35.6 Å². The highest BCUT2D eigenvalue weighted by atomic mass is 16.5. The molecule has 1 saturated heterocycles. The maximum Gasteiger partial charge on any atom is 0.407 e. The summed E-state index contributed by atoms with van der Waals surface area (Å²) in [6.45, 7) is 2.53. The lowest BCUT2D eigenvalue weighted by Gasteiger charge is -2.18. The molecule has 1 heterocycles. The molecule has 174 valence electrons. The van der Waals surface area contributed by atoms with Crippen LogP contribution in [0.25, 0.3) is 11.1 Å². The van der Waals surface area contributed by atoms with Gasteiger partial charge in [-0.2, -0.15) is 0 Å². The first-order valence-electron chi connectivity index (χ1n) is 11.2. The van der Waals surface area contributed by atoms with Crippen LogP contribution in [0.15, 0.2) is 48.5 Å². The number of carbonyl (C=O) groups is 3. The number of aliphatic carboxylic acids is 1. The number of carboxylic acid groups (broad SMARTS) is 1. The zero-order valence-electron chi connectivity index (χ0n) is 18.5. The number of hydrogen-bond donors (Lipinski definition) is 3. The summed E-state index contributed by atoms with van der Waals surface area (Å²) < 4.78 is 10.7. The molecule has 33 heavy (non-hydrogen) atoms. The van der Waals surface area contributed by atoms with E-state index in [2.05, 4.69) is 34.9 Å². The summed E-state index contributed by atoms with van der Waals surface area (Å²) in [5.41, 5.74) is 4.58. The fraction of sp³-hybridized carbons (Fsp3) is 0.400. The van der Waals surface area contributed by atoms with Gasteiger partial charge in [0, 0.05) is 37.5 Å². The summed E-state index contributed by atoms with van der Waals surface area (Å²) in [4.78, 5) is 35.7. The topological polar surface area (TPSA) is 114 Å². The molecule has 2 aromatic carbocycles. The van der Waals surface area contributed by atoms with Crippen molar-refractivity contribution in [1.29, 1.82) is 0 Å². The van der Waals surface area contributed by atoms with Crippen molar-refractivity contribution in [3.05, 3.63) is 59.7 Å². The predicted molar refractivity (Wildman–Crippen MR) is 121 cm³/mol. The second-order valence-corrected chi connectivity index (χ2v) is 8.56. The van der Waals surface area contributed by atoms with Gasteiger partial charge in [0.2, 0.25) is 5.91 Å². The Kier molecular flexibility index (Phi) is 6.93. The lowest BCUT2D eigenvalue weighted by atomic mass is 9.98. The van der Waals surface area contributed by atoms with E-state index in [0.29, 0.717) is 13.0 Å². The van der Waals surface area contributed by atoms with Crippen LogP contribution in [0.1, 0.15) is 36.8 Å². The first kappa shape index (κ1) is 22.8. The van der Waals surface area contributed by atoms with Gasteiger partial charge < -0.3 is 25.2 Å². The van der Waals surface area contributed by atoms with Gasteiger partial charge in [-0.25, -0.2) is 9.59 Å². The van der Waals surface area contributed by atoms with Crippen LogP contribution in [-0.4, -0.2) is 55.0 Å². The smallest absolute Gasteiger partial charge is 0.407 e. The molecular formula is C25H28N2O6. The van der Waals surface area contributed by atoms with E-state index >= 15 is 0 Å². The average molecular weight is 453 g/mol. The van der Waals surface area contributed by atoms with E-state index in [4.69, 9.17) is 14.6 Å². The number of hydrogen-bond acceptors (Lipinski definition) is 5. The summed E-state index contributed by atoms with van der Waals surface area (Å²) >= 11 is 0. The van der Waals surface area contributed by atoms with E-state index in [1.807, 2.05) is 24.3 Å². The summed E-state index contributed by atoms with van der Waals surface area (Å²) in [5.74, 6) is -1.57. The van der Waals surface area contributed by atoms with Crippen molar-refractivity contribution in [2.45, 2.75) is 37.8 Å². The Bertz CT molecular complexity index is 994. The van der Waals surface area contributed by atoms with E-state index in [1.165, 1.54) is 0 Å². The monoisotopic (exact) mass is 452 g/mol. The molecule has 0 saturated carbocycles. The number of amides is 2. The molecule has 4 rings (SSSR count). The number of rotatable bonds is 8. The first-order valence-corrected chi connectivity index (χ1v) is 11.2. The molecule has 1 aliphatic heterocycles. The second kappa shape index (κ2) is 10.0. The fourth-order valence-electron chi connectivity index (χ4n) is 4.60. The molecule has 3 atom stereocenters. The van der Waals surface area contributed by atoms with E-state index in [0.717, 1.165) is 22.3 Å². The SMILES string of the molecule is CC(CC(=O)NC[C@H]1CCO[C@H]1C(=O)O)NC(=O)OCC1c2ccccc2-c2ccccc21. The van der Waals surface area contributed by atoms with Crippen molar-refractivity contribution in [3.63, 3.8) is 0 Å². The highest BCUT2D eigenvalue weighted by molar-refractivity contribution is 5.80. The maximum atomic E-state index is 12.4. The van der Waals surface area contributed by atoms with Crippen LogP contribution in [0.2, 0.25) is 0 Å². The van der Waals surface area contributed by atoms with Gasteiger partial charge in [0.25, 0.3) is 0 Å². The molecule has 2 aliphatic rings. The standard InChI is InChI=1S/C25H28N2O6/c1-15(12-22(28)26-13-16-10-11-32-23(16)24(29)30)27-25(31)33-14-21-19-8-4-2-6-17(19)18-7-3-5-9-20(18)21/h2-9,15-16,21,23H,10-14H2,1H3,(H,26,28)(H,27,31)(H,29,30)/t15?,16-,23-/m1/s1. The third-order valence-corrected chi connectivity index (χ3v) is 6.22. The molecular weight excluding hydrogens is 424 g/mol. The zero-order valence-corrected chi connectivity index (χ0v) is 18.5. The zero-order chi connectivity index (χ0) is 23.4. The van der Waals surface area contributed by atoms with Crippen LogP contribution in [0, 0.1) is 5.92 Å². The van der Waals surface area contributed by atoms with Crippen molar-refractivity contribution in [1.82, 2.24) is 10.6 Å². The largest absolute Gasteiger partial charge is 0.479 e. The summed E-state index contributed by atoms with van der Waals surface area (Å²) in [7, 11) is 0. The molecule has 0 aromatic heterocycles. The van der Waals surface area contributed by atoms with E-state index in [-0.39, 0.29) is 37.3 Å². The van der Waals surface area contributed by atoms with Gasteiger partial charge in [0.1, 0.15) is 6.61 Å². The molecule has 1 aliphatic carbocycles. The van der Waals surface area contributed by atoms with E-state index in [1.54, 1.807) is 6.92 Å². The predicted octanol–water partition coefficient (Wildman–Crippen LogP) is 2.91. The molecule has 2 amide bonds. The number of nitrogens with one attached hydrogen (secondary N) is 2. The van der Waals surface area contributed by atoms with E-state index < -0.39 is 24.2 Å². The van der Waals surface area contributed by atoms with Gasteiger partial charge in [-0.1, -0.05) is 48.5 Å². The minimum Gasteiger partial charge on any atom is -0.479 e. The maximum absolute atomic E-state index is 12.4. The van der Waals surface area contributed by atoms with Gasteiger partial charge in [0.15, 0.2) is 6.10 Å². The minimum atomic E-state index is -1.02. The molecule has 1 fully saturated rings. The van der Waals surface area contributed by atoms with E-state index in [9.17, 15) is 14.4 Å². The summed E-state index contributed by atoms with van der Waals surface area (Å²) in [5, 5.41) is 14.6. The van der Waals surface area contributed by atoms with Crippen molar-refractivity contribution < 1.29 is 29.0 Å². The molecule has 0 spiro atoms. The van der Waals surface area contributed by atoms with Crippen molar-refractivity contribution in [2.75, 3.05) is 19.8 Å². The van der Waals surface area contributed by atoms with Crippen LogP contribution >= 0.6 is 0 Å². The molecule has 0 radical (unpaired) electrons. The fourth-order valence-corrected chi connectivity index (χ4v) is 4.60. The van der Waals surface area contributed by atoms with Crippen molar-refractivity contribution in [2.24, 2.45) is 5.92 Å². The molecule has 0 bridgehead atoms. The Balaban J connectivity index is 1.24. The molecule has 1 unspecified atom stereocenters. The van der Waals surface area contributed by atoms with Crippen LogP contribution in [0.3, 0.4) is 0 Å².